The van der Waals surface area contributed by atoms with Crippen LogP contribution in [0.2, 0.25) is 0 Å². The molecule has 0 amide bonds. The van der Waals surface area contributed by atoms with Gasteiger partial charge in [-0.25, -0.2) is 0 Å². The first-order chi connectivity index (χ1) is 8.90. The van der Waals surface area contributed by atoms with E-state index in [1.807, 2.05) is 13.1 Å². The van der Waals surface area contributed by atoms with Crippen molar-refractivity contribution >= 4 is 12.2 Å². The van der Waals surface area contributed by atoms with Crippen molar-refractivity contribution in [3.63, 3.8) is 0 Å². The SMILES string of the molecule is CNCCc1ccccc1/C=C/c1ccccc1. The van der Waals surface area contributed by atoms with Gasteiger partial charge in [-0.1, -0.05) is 66.7 Å². The second-order valence-corrected chi connectivity index (χ2v) is 4.30. The van der Waals surface area contributed by atoms with E-state index in [-0.39, 0.29) is 0 Å². The fourth-order valence-corrected chi connectivity index (χ4v) is 1.93. The minimum Gasteiger partial charge on any atom is -0.319 e. The molecule has 0 saturated carbocycles. The maximum atomic E-state index is 3.19. The summed E-state index contributed by atoms with van der Waals surface area (Å²) in [6.07, 6.45) is 5.42. The summed E-state index contributed by atoms with van der Waals surface area (Å²) in [5.41, 5.74) is 3.93. The summed E-state index contributed by atoms with van der Waals surface area (Å²) < 4.78 is 0. The molecule has 0 aliphatic carbocycles. The maximum Gasteiger partial charge on any atom is -0.00111 e. The third-order valence-corrected chi connectivity index (χ3v) is 2.95. The molecule has 2 aromatic rings. The van der Waals surface area contributed by atoms with Crippen LogP contribution in [0.15, 0.2) is 54.6 Å². The van der Waals surface area contributed by atoms with Gasteiger partial charge in [0.25, 0.3) is 0 Å². The predicted molar refractivity (Wildman–Crippen MR) is 79.4 cm³/mol. The lowest BCUT2D eigenvalue weighted by molar-refractivity contribution is 0.791. The molecule has 0 atom stereocenters. The zero-order valence-electron chi connectivity index (χ0n) is 10.8. The van der Waals surface area contributed by atoms with Gasteiger partial charge in [-0.3, -0.25) is 0 Å². The fraction of sp³-hybridized carbons (Fsp3) is 0.176. The van der Waals surface area contributed by atoms with E-state index in [0.717, 1.165) is 13.0 Å². The molecule has 0 aliphatic heterocycles. The molecule has 0 aromatic heterocycles. The van der Waals surface area contributed by atoms with E-state index >= 15 is 0 Å². The Morgan fingerprint density at radius 3 is 2.39 bits per heavy atom. The highest BCUT2D eigenvalue weighted by Crippen LogP contribution is 2.13. The molecule has 0 unspecified atom stereocenters. The summed E-state index contributed by atoms with van der Waals surface area (Å²) in [6.45, 7) is 1.01. The lowest BCUT2D eigenvalue weighted by Crippen LogP contribution is -2.10. The Hall–Kier alpha value is -1.86. The molecule has 1 N–H and O–H groups in total. The molecule has 0 aliphatic rings. The molecule has 1 nitrogen and oxygen atoms in total. The fourth-order valence-electron chi connectivity index (χ4n) is 1.93. The highest BCUT2D eigenvalue weighted by atomic mass is 14.8. The molecule has 0 radical (unpaired) electrons. The average Bonchev–Trinajstić information content (AvgIpc) is 2.45. The molecule has 0 heterocycles. The first-order valence-corrected chi connectivity index (χ1v) is 6.36. The Labute approximate surface area is 109 Å². The van der Waals surface area contributed by atoms with E-state index in [4.69, 9.17) is 0 Å². The van der Waals surface area contributed by atoms with Crippen LogP contribution in [-0.4, -0.2) is 13.6 Å². The normalized spacial score (nSPS) is 10.9. The summed E-state index contributed by atoms with van der Waals surface area (Å²) in [4.78, 5) is 0. The average molecular weight is 237 g/mol. The first-order valence-electron chi connectivity index (χ1n) is 6.36. The predicted octanol–water partition coefficient (Wildman–Crippen LogP) is 3.62. The third-order valence-electron chi connectivity index (χ3n) is 2.95. The summed E-state index contributed by atoms with van der Waals surface area (Å²) in [5.74, 6) is 0. The van der Waals surface area contributed by atoms with E-state index in [1.54, 1.807) is 0 Å². The van der Waals surface area contributed by atoms with Gasteiger partial charge in [0.2, 0.25) is 0 Å². The highest BCUT2D eigenvalue weighted by Gasteiger charge is 1.97. The topological polar surface area (TPSA) is 12.0 Å². The molecule has 0 bridgehead atoms. The molecule has 18 heavy (non-hydrogen) atoms. The van der Waals surface area contributed by atoms with Crippen LogP contribution in [0.5, 0.6) is 0 Å². The van der Waals surface area contributed by atoms with Gasteiger partial charge in [0.1, 0.15) is 0 Å². The lowest BCUT2D eigenvalue weighted by Gasteiger charge is -2.05. The maximum absolute atomic E-state index is 3.19. The molecule has 0 saturated heterocycles. The number of hydrogen-bond acceptors (Lipinski definition) is 1. The number of benzene rings is 2. The van der Waals surface area contributed by atoms with Gasteiger partial charge in [0.05, 0.1) is 0 Å². The van der Waals surface area contributed by atoms with Crippen molar-refractivity contribution in [3.8, 4) is 0 Å². The zero-order valence-corrected chi connectivity index (χ0v) is 10.8. The van der Waals surface area contributed by atoms with E-state index in [0.29, 0.717) is 0 Å². The zero-order chi connectivity index (χ0) is 12.6. The van der Waals surface area contributed by atoms with Crippen LogP contribution in [0.25, 0.3) is 12.2 Å². The molecule has 0 fully saturated rings. The summed E-state index contributed by atoms with van der Waals surface area (Å²) in [7, 11) is 1.99. The smallest absolute Gasteiger partial charge is 0.00111 e. The number of rotatable bonds is 5. The number of hydrogen-bond donors (Lipinski definition) is 1. The molecular formula is C17H19N. The van der Waals surface area contributed by atoms with Crippen molar-refractivity contribution in [3.05, 3.63) is 71.3 Å². The van der Waals surface area contributed by atoms with Gasteiger partial charge >= 0.3 is 0 Å². The highest BCUT2D eigenvalue weighted by molar-refractivity contribution is 5.71. The third kappa shape index (κ3) is 3.57. The Balaban J connectivity index is 2.15. The van der Waals surface area contributed by atoms with Crippen molar-refractivity contribution in [2.45, 2.75) is 6.42 Å². The second kappa shape index (κ2) is 6.77. The van der Waals surface area contributed by atoms with Crippen molar-refractivity contribution in [1.82, 2.24) is 5.32 Å². The standard InChI is InChI=1S/C17H19N/c1-18-14-13-17-10-6-5-9-16(17)12-11-15-7-3-2-4-8-15/h2-12,18H,13-14H2,1H3/b12-11+. The molecule has 1 heteroatoms. The Bertz CT molecular complexity index is 500. The van der Waals surface area contributed by atoms with Gasteiger partial charge in [0, 0.05) is 0 Å². The van der Waals surface area contributed by atoms with Gasteiger partial charge in [0.15, 0.2) is 0 Å². The Morgan fingerprint density at radius 2 is 1.61 bits per heavy atom. The largest absolute Gasteiger partial charge is 0.319 e. The van der Waals surface area contributed by atoms with Gasteiger partial charge in [-0.2, -0.15) is 0 Å². The Kier molecular flexibility index (Phi) is 4.74. The van der Waals surface area contributed by atoms with Crippen molar-refractivity contribution < 1.29 is 0 Å². The molecule has 2 aromatic carbocycles. The van der Waals surface area contributed by atoms with Crippen LogP contribution in [0.3, 0.4) is 0 Å². The second-order valence-electron chi connectivity index (χ2n) is 4.30. The van der Waals surface area contributed by atoms with Crippen LogP contribution < -0.4 is 5.32 Å². The van der Waals surface area contributed by atoms with Crippen molar-refractivity contribution in [1.29, 1.82) is 0 Å². The van der Waals surface area contributed by atoms with Gasteiger partial charge in [-0.15, -0.1) is 0 Å². The Morgan fingerprint density at radius 1 is 0.889 bits per heavy atom. The monoisotopic (exact) mass is 237 g/mol. The number of nitrogens with one attached hydrogen (secondary N) is 1. The van der Waals surface area contributed by atoms with E-state index in [1.165, 1.54) is 16.7 Å². The first kappa shape index (κ1) is 12.6. The van der Waals surface area contributed by atoms with Crippen LogP contribution in [-0.2, 0) is 6.42 Å². The van der Waals surface area contributed by atoms with Gasteiger partial charge < -0.3 is 5.32 Å². The van der Waals surface area contributed by atoms with Crippen LogP contribution in [0.4, 0.5) is 0 Å². The molecule has 92 valence electrons. The summed E-state index contributed by atoms with van der Waals surface area (Å²) in [5, 5.41) is 3.19. The van der Waals surface area contributed by atoms with E-state index in [9.17, 15) is 0 Å². The molecular weight excluding hydrogens is 218 g/mol. The molecule has 2 rings (SSSR count). The quantitative estimate of drug-likeness (QED) is 0.783. The minimum absolute atomic E-state index is 1.01. The van der Waals surface area contributed by atoms with Crippen LogP contribution >= 0.6 is 0 Å². The van der Waals surface area contributed by atoms with E-state index < -0.39 is 0 Å². The van der Waals surface area contributed by atoms with Crippen molar-refractivity contribution in [2.75, 3.05) is 13.6 Å². The van der Waals surface area contributed by atoms with Gasteiger partial charge in [-0.05, 0) is 36.7 Å². The lowest BCUT2D eigenvalue weighted by atomic mass is 10.0. The molecule has 0 spiro atoms. The van der Waals surface area contributed by atoms with Crippen LogP contribution in [0.1, 0.15) is 16.7 Å². The number of likely N-dealkylation sites (N-methyl/N-ethyl adjacent to an activating group) is 1. The summed E-state index contributed by atoms with van der Waals surface area (Å²) in [6, 6.07) is 19.0. The van der Waals surface area contributed by atoms with Crippen LogP contribution in [0, 0.1) is 0 Å². The van der Waals surface area contributed by atoms with Crippen molar-refractivity contribution in [2.24, 2.45) is 0 Å². The minimum atomic E-state index is 1.01. The summed E-state index contributed by atoms with van der Waals surface area (Å²) >= 11 is 0. The van der Waals surface area contributed by atoms with E-state index in [2.05, 4.69) is 66.0 Å².